The monoisotopic (exact) mass is 607 g/mol. The zero-order valence-electron chi connectivity index (χ0n) is 25.5. The standard InChI is InChI=1S/C23H31F2N3O2.C11H10N2O.H2/c1-16(29)26-18-7-12-28(21(14-18)19-13-17(24)5-6-20(19)25)22(30)27-11-4-10-23(15-27)8-2-3-9-23;1-13-8-12-10(7-11(13)14)9-5-3-2-4-6-9;/h5-6,13,18,21H,2-4,7-12,14-15H2,1H3,(H,26,29);2-8H,1H3;1H/t18-,21+;;/m1../s1. The van der Waals surface area contributed by atoms with Gasteiger partial charge in [0, 0.05) is 58.3 Å². The van der Waals surface area contributed by atoms with E-state index in [1.165, 1.54) is 62.1 Å². The number of piperidine rings is 2. The van der Waals surface area contributed by atoms with Gasteiger partial charge in [-0.05, 0) is 62.1 Å². The number of aryl methyl sites for hydroxylation is 1. The molecular formula is C34H43F2N5O3. The first-order valence-electron chi connectivity index (χ1n) is 15.5. The summed E-state index contributed by atoms with van der Waals surface area (Å²) in [5.74, 6) is -1.20. The number of benzene rings is 2. The van der Waals surface area contributed by atoms with E-state index in [9.17, 15) is 23.2 Å². The molecule has 8 nitrogen and oxygen atoms in total. The Morgan fingerprint density at radius 1 is 1.00 bits per heavy atom. The molecule has 1 aliphatic carbocycles. The van der Waals surface area contributed by atoms with Crippen LogP contribution in [0.25, 0.3) is 11.3 Å². The largest absolute Gasteiger partial charge is 0.353 e. The summed E-state index contributed by atoms with van der Waals surface area (Å²) in [6.45, 7) is 3.33. The summed E-state index contributed by atoms with van der Waals surface area (Å²) in [7, 11) is 1.68. The first kappa shape index (κ1) is 31.3. The number of nitrogens with one attached hydrogen (secondary N) is 1. The van der Waals surface area contributed by atoms with E-state index in [1.54, 1.807) is 11.9 Å². The Hall–Kier alpha value is -4.08. The number of rotatable bonds is 3. The van der Waals surface area contributed by atoms with Gasteiger partial charge in [-0.15, -0.1) is 0 Å². The predicted molar refractivity (Wildman–Crippen MR) is 167 cm³/mol. The number of hydrogen-bond acceptors (Lipinski definition) is 4. The topological polar surface area (TPSA) is 87.5 Å². The van der Waals surface area contributed by atoms with Gasteiger partial charge in [-0.2, -0.15) is 0 Å². The van der Waals surface area contributed by atoms with Gasteiger partial charge < -0.3 is 19.7 Å². The molecule has 3 aliphatic rings. The van der Waals surface area contributed by atoms with Crippen molar-refractivity contribution in [1.82, 2.24) is 24.7 Å². The molecule has 1 spiro atoms. The molecule has 236 valence electrons. The number of hydrogen-bond donors (Lipinski definition) is 1. The number of likely N-dealkylation sites (tertiary alicyclic amines) is 2. The van der Waals surface area contributed by atoms with Crippen LogP contribution in [-0.2, 0) is 11.8 Å². The Balaban J connectivity index is 0.000000258. The van der Waals surface area contributed by atoms with Gasteiger partial charge in [-0.3, -0.25) is 9.59 Å². The summed E-state index contributed by atoms with van der Waals surface area (Å²) in [4.78, 5) is 44.2. The van der Waals surface area contributed by atoms with Crippen molar-refractivity contribution >= 4 is 11.9 Å². The first-order chi connectivity index (χ1) is 21.1. The number of urea groups is 1. The van der Waals surface area contributed by atoms with Crippen LogP contribution in [0.15, 0.2) is 65.7 Å². The van der Waals surface area contributed by atoms with Crippen LogP contribution >= 0.6 is 0 Å². The Kier molecular flexibility index (Phi) is 9.76. The molecule has 3 amide bonds. The van der Waals surface area contributed by atoms with Crippen molar-refractivity contribution in [2.24, 2.45) is 12.5 Å². The molecule has 10 heteroatoms. The lowest BCUT2D eigenvalue weighted by atomic mass is 9.78. The van der Waals surface area contributed by atoms with Crippen LogP contribution in [0.5, 0.6) is 0 Å². The third-order valence-corrected chi connectivity index (χ3v) is 9.22. The van der Waals surface area contributed by atoms with Gasteiger partial charge in [0.25, 0.3) is 5.56 Å². The highest BCUT2D eigenvalue weighted by Gasteiger charge is 2.42. The number of nitrogens with zero attached hydrogens (tertiary/aromatic N) is 4. The number of carbonyl (C=O) groups is 2. The summed E-state index contributed by atoms with van der Waals surface area (Å²) < 4.78 is 30.1. The first-order valence-corrected chi connectivity index (χ1v) is 15.5. The Labute approximate surface area is 258 Å². The Bertz CT molecular complexity index is 1530. The maximum absolute atomic E-state index is 14.7. The molecule has 3 aromatic rings. The third-order valence-electron chi connectivity index (χ3n) is 9.22. The van der Waals surface area contributed by atoms with Crippen molar-refractivity contribution in [2.45, 2.75) is 70.4 Å². The van der Waals surface area contributed by atoms with E-state index in [-0.39, 0.29) is 35.9 Å². The molecule has 2 saturated heterocycles. The van der Waals surface area contributed by atoms with Gasteiger partial charge in [0.15, 0.2) is 0 Å². The maximum atomic E-state index is 14.7. The van der Waals surface area contributed by atoms with Crippen LogP contribution in [0.1, 0.15) is 71.3 Å². The number of carbonyl (C=O) groups excluding carboxylic acids is 2. The van der Waals surface area contributed by atoms with E-state index in [0.717, 1.165) is 30.7 Å². The van der Waals surface area contributed by atoms with Crippen molar-refractivity contribution in [2.75, 3.05) is 19.6 Å². The van der Waals surface area contributed by atoms with E-state index in [1.807, 2.05) is 35.2 Å². The molecule has 0 radical (unpaired) electrons. The Morgan fingerprint density at radius 3 is 2.43 bits per heavy atom. The average Bonchev–Trinajstić information content (AvgIpc) is 3.47. The average molecular weight is 608 g/mol. The molecule has 44 heavy (non-hydrogen) atoms. The molecule has 1 aromatic heterocycles. The van der Waals surface area contributed by atoms with Gasteiger partial charge in [-0.25, -0.2) is 18.6 Å². The van der Waals surface area contributed by atoms with Gasteiger partial charge in [0.2, 0.25) is 5.91 Å². The third kappa shape index (κ3) is 7.34. The van der Waals surface area contributed by atoms with Crippen molar-refractivity contribution in [1.29, 1.82) is 0 Å². The number of halogens is 2. The zero-order valence-corrected chi connectivity index (χ0v) is 25.5. The summed E-state index contributed by atoms with van der Waals surface area (Å²) >= 11 is 0. The molecular weight excluding hydrogens is 564 g/mol. The molecule has 2 atom stereocenters. The second-order valence-electron chi connectivity index (χ2n) is 12.4. The molecule has 1 N–H and O–H groups in total. The Morgan fingerprint density at radius 2 is 1.73 bits per heavy atom. The normalized spacial score (nSPS) is 21.0. The van der Waals surface area contributed by atoms with Crippen LogP contribution in [-0.4, -0.2) is 57.0 Å². The smallest absolute Gasteiger partial charge is 0.320 e. The maximum Gasteiger partial charge on any atom is 0.320 e. The van der Waals surface area contributed by atoms with Crippen molar-refractivity contribution in [3.8, 4) is 11.3 Å². The van der Waals surface area contributed by atoms with E-state index < -0.39 is 17.7 Å². The van der Waals surface area contributed by atoms with Crippen LogP contribution in [0.3, 0.4) is 0 Å². The second kappa shape index (κ2) is 13.7. The molecule has 2 aromatic carbocycles. The van der Waals surface area contributed by atoms with E-state index >= 15 is 0 Å². The molecule has 3 fully saturated rings. The van der Waals surface area contributed by atoms with Gasteiger partial charge >= 0.3 is 6.03 Å². The van der Waals surface area contributed by atoms with Crippen LogP contribution < -0.4 is 10.9 Å². The summed E-state index contributed by atoms with van der Waals surface area (Å²) in [6.07, 6.45) is 9.47. The van der Waals surface area contributed by atoms with E-state index in [2.05, 4.69) is 10.3 Å². The van der Waals surface area contributed by atoms with Gasteiger partial charge in [0.1, 0.15) is 11.6 Å². The fourth-order valence-corrected chi connectivity index (χ4v) is 6.99. The van der Waals surface area contributed by atoms with Gasteiger partial charge in [-0.1, -0.05) is 43.2 Å². The van der Waals surface area contributed by atoms with Crippen molar-refractivity contribution < 1.29 is 19.8 Å². The molecule has 3 heterocycles. The minimum absolute atomic E-state index is 0. The minimum Gasteiger partial charge on any atom is -0.353 e. The highest BCUT2D eigenvalue weighted by molar-refractivity contribution is 5.76. The highest BCUT2D eigenvalue weighted by atomic mass is 19.1. The SMILES string of the molecule is CC(=O)N[C@@H]1CCN(C(=O)N2CCCC3(CCCC3)C2)[C@H](c2cc(F)ccc2F)C1.Cn1cnc(-c2ccccc2)cc1=O.[HH]. The molecule has 0 unspecified atom stereocenters. The lowest BCUT2D eigenvalue weighted by molar-refractivity contribution is -0.120. The van der Waals surface area contributed by atoms with Crippen molar-refractivity contribution in [3.05, 3.63) is 88.5 Å². The predicted octanol–water partition coefficient (Wildman–Crippen LogP) is 6.08. The molecule has 6 rings (SSSR count). The summed E-state index contributed by atoms with van der Waals surface area (Å²) in [5, 5.41) is 2.89. The van der Waals surface area contributed by atoms with Crippen LogP contribution in [0.4, 0.5) is 13.6 Å². The lowest BCUT2D eigenvalue weighted by Crippen LogP contribution is -2.55. The summed E-state index contributed by atoms with van der Waals surface area (Å²) in [6, 6.07) is 13.7. The van der Waals surface area contributed by atoms with E-state index in [4.69, 9.17) is 0 Å². The lowest BCUT2D eigenvalue weighted by Gasteiger charge is -2.46. The molecule has 1 saturated carbocycles. The fourth-order valence-electron chi connectivity index (χ4n) is 6.99. The highest BCUT2D eigenvalue weighted by Crippen LogP contribution is 2.45. The van der Waals surface area contributed by atoms with Crippen molar-refractivity contribution in [3.63, 3.8) is 0 Å². The second-order valence-corrected chi connectivity index (χ2v) is 12.4. The quantitative estimate of drug-likeness (QED) is 0.391. The zero-order chi connectivity index (χ0) is 31.3. The summed E-state index contributed by atoms with van der Waals surface area (Å²) in [5.41, 5.74) is 2.06. The number of amides is 3. The van der Waals surface area contributed by atoms with Crippen LogP contribution in [0.2, 0.25) is 0 Å². The van der Waals surface area contributed by atoms with E-state index in [0.29, 0.717) is 31.6 Å². The van der Waals surface area contributed by atoms with Gasteiger partial charge in [0.05, 0.1) is 18.1 Å². The number of aromatic nitrogens is 2. The molecule has 2 aliphatic heterocycles. The van der Waals surface area contributed by atoms with Crippen LogP contribution in [0, 0.1) is 17.0 Å². The minimum atomic E-state index is -0.597. The molecule has 0 bridgehead atoms. The fraction of sp³-hybridized carbons (Fsp3) is 0.471.